The van der Waals surface area contributed by atoms with Crippen LogP contribution in [0.1, 0.15) is 26.7 Å². The smallest absolute Gasteiger partial charge is 0.315 e. The predicted molar refractivity (Wildman–Crippen MR) is 121 cm³/mol. The molecule has 1 N–H and O–H groups in total. The normalized spacial score (nSPS) is 20.6. The van der Waals surface area contributed by atoms with Gasteiger partial charge < -0.3 is 10.1 Å². The van der Waals surface area contributed by atoms with E-state index >= 15 is 0 Å². The highest BCUT2D eigenvalue weighted by atomic mass is 35.5. The Morgan fingerprint density at radius 2 is 1.57 bits per heavy atom. The van der Waals surface area contributed by atoms with Crippen LogP contribution >= 0.6 is 37.2 Å². The summed E-state index contributed by atoms with van der Waals surface area (Å²) in [5.74, 6) is 0.354. The van der Waals surface area contributed by atoms with Gasteiger partial charge in [0.25, 0.3) is 0 Å². The number of hydrogen-bond acceptors (Lipinski definition) is 5. The van der Waals surface area contributed by atoms with E-state index < -0.39 is 0 Å². The molecule has 0 bridgehead atoms. The van der Waals surface area contributed by atoms with Gasteiger partial charge >= 0.3 is 5.97 Å². The van der Waals surface area contributed by atoms with Gasteiger partial charge in [0.2, 0.25) is 0 Å². The van der Waals surface area contributed by atoms with Crippen molar-refractivity contribution in [2.24, 2.45) is 5.92 Å². The van der Waals surface area contributed by atoms with Crippen LogP contribution in [0.3, 0.4) is 0 Å². The van der Waals surface area contributed by atoms with Gasteiger partial charge in [-0.2, -0.15) is 0 Å². The van der Waals surface area contributed by atoms with Crippen molar-refractivity contribution in [2.75, 3.05) is 39.3 Å². The van der Waals surface area contributed by atoms with E-state index in [1.54, 1.807) is 0 Å². The highest BCUT2D eigenvalue weighted by Gasteiger charge is 2.31. The van der Waals surface area contributed by atoms with E-state index in [-0.39, 0.29) is 55.2 Å². The Labute approximate surface area is 187 Å². The molecule has 3 rings (SSSR count). The van der Waals surface area contributed by atoms with Crippen molar-refractivity contribution in [2.45, 2.75) is 38.8 Å². The Balaban J connectivity index is 0.00000243. The van der Waals surface area contributed by atoms with Crippen molar-refractivity contribution in [3.05, 3.63) is 30.3 Å². The van der Waals surface area contributed by atoms with Gasteiger partial charge in [0.05, 0.1) is 5.92 Å². The van der Waals surface area contributed by atoms with Crippen molar-refractivity contribution >= 4 is 43.2 Å². The number of benzene rings is 1. The molecule has 0 aliphatic carbocycles. The van der Waals surface area contributed by atoms with Crippen molar-refractivity contribution < 1.29 is 9.53 Å². The third-order valence-electron chi connectivity index (χ3n) is 5.81. The number of para-hydroxylation sites is 1. The van der Waals surface area contributed by atoms with E-state index in [0.717, 1.165) is 45.3 Å². The maximum atomic E-state index is 12.4. The molecule has 2 unspecified atom stereocenters. The molecule has 1 aromatic carbocycles. The maximum Gasteiger partial charge on any atom is 0.315 e. The van der Waals surface area contributed by atoms with E-state index in [9.17, 15) is 4.79 Å². The number of hydrogen-bond donors (Lipinski definition) is 1. The van der Waals surface area contributed by atoms with E-state index in [2.05, 4.69) is 22.0 Å². The van der Waals surface area contributed by atoms with E-state index in [1.807, 2.05) is 37.3 Å². The van der Waals surface area contributed by atoms with Gasteiger partial charge in [-0.25, -0.2) is 0 Å². The number of esters is 1. The maximum absolute atomic E-state index is 12.4. The van der Waals surface area contributed by atoms with Crippen molar-refractivity contribution in [3.8, 4) is 5.75 Å². The van der Waals surface area contributed by atoms with Crippen LogP contribution < -0.4 is 10.1 Å². The first-order valence-electron chi connectivity index (χ1n) is 9.60. The summed E-state index contributed by atoms with van der Waals surface area (Å²) >= 11 is 0. The molecule has 162 valence electrons. The first-order valence-corrected chi connectivity index (χ1v) is 9.60. The van der Waals surface area contributed by atoms with Gasteiger partial charge in [0.15, 0.2) is 0 Å². The molecular weight excluding hydrogens is 421 g/mol. The lowest BCUT2D eigenvalue weighted by Crippen LogP contribution is -2.56. The van der Waals surface area contributed by atoms with Crippen LogP contribution in [-0.2, 0) is 4.79 Å². The molecule has 0 radical (unpaired) electrons. The van der Waals surface area contributed by atoms with Crippen molar-refractivity contribution in [1.82, 2.24) is 15.1 Å². The summed E-state index contributed by atoms with van der Waals surface area (Å²) in [6.07, 6.45) is 2.52. The summed E-state index contributed by atoms with van der Waals surface area (Å²) in [5.41, 5.74) is 0. The van der Waals surface area contributed by atoms with Gasteiger partial charge in [-0.05, 0) is 45.0 Å². The Morgan fingerprint density at radius 1 is 1.00 bits per heavy atom. The standard InChI is InChI=1S/C20H31N3O2.3ClH/c1-16(20(24)25-19-6-4-3-5-7-19)17(2)22-12-14-23(15-13-22)18-8-10-21-11-9-18;;;/h3-7,16-18,21H,8-15H2,1-2H3;3*1H. The lowest BCUT2D eigenvalue weighted by atomic mass is 10.00. The third-order valence-corrected chi connectivity index (χ3v) is 5.81. The third kappa shape index (κ3) is 7.36. The van der Waals surface area contributed by atoms with E-state index in [1.165, 1.54) is 12.8 Å². The zero-order valence-corrected chi connectivity index (χ0v) is 19.2. The number of carbonyl (C=O) groups is 1. The van der Waals surface area contributed by atoms with Crippen LogP contribution in [0.25, 0.3) is 0 Å². The topological polar surface area (TPSA) is 44.8 Å². The fourth-order valence-corrected chi connectivity index (χ4v) is 3.89. The average molecular weight is 455 g/mol. The lowest BCUT2D eigenvalue weighted by molar-refractivity contribution is -0.140. The summed E-state index contributed by atoms with van der Waals surface area (Å²) in [4.78, 5) is 17.5. The first-order chi connectivity index (χ1) is 12.1. The molecule has 2 aliphatic heterocycles. The lowest BCUT2D eigenvalue weighted by Gasteiger charge is -2.43. The fourth-order valence-electron chi connectivity index (χ4n) is 3.89. The SMILES string of the molecule is CC(C(=O)Oc1ccccc1)C(C)N1CCN(C2CCNCC2)CC1.Cl.Cl.Cl. The molecule has 2 saturated heterocycles. The van der Waals surface area contributed by atoms with Crippen LogP contribution in [0.5, 0.6) is 5.75 Å². The van der Waals surface area contributed by atoms with Crippen LogP contribution in [0, 0.1) is 5.92 Å². The summed E-state index contributed by atoms with van der Waals surface area (Å²) in [6, 6.07) is 10.3. The monoisotopic (exact) mass is 453 g/mol. The molecule has 0 saturated carbocycles. The number of rotatable bonds is 5. The van der Waals surface area contributed by atoms with Crippen LogP contribution in [0.4, 0.5) is 0 Å². The summed E-state index contributed by atoms with van der Waals surface area (Å²) in [7, 11) is 0. The molecule has 28 heavy (non-hydrogen) atoms. The molecule has 2 atom stereocenters. The van der Waals surface area contributed by atoms with Gasteiger partial charge in [-0.15, -0.1) is 37.2 Å². The second-order valence-electron chi connectivity index (χ2n) is 7.32. The minimum Gasteiger partial charge on any atom is -0.426 e. The molecule has 8 heteroatoms. The average Bonchev–Trinajstić information content (AvgIpc) is 2.68. The second-order valence-corrected chi connectivity index (χ2v) is 7.32. The number of nitrogens with zero attached hydrogens (tertiary/aromatic N) is 2. The van der Waals surface area contributed by atoms with Gasteiger partial charge in [0.1, 0.15) is 5.75 Å². The highest BCUT2D eigenvalue weighted by molar-refractivity contribution is 5.86. The van der Waals surface area contributed by atoms with Gasteiger partial charge in [-0.3, -0.25) is 14.6 Å². The summed E-state index contributed by atoms with van der Waals surface area (Å²) in [6.45, 7) is 10.7. The number of piperidine rings is 1. The molecule has 2 fully saturated rings. The minimum absolute atomic E-state index is 0. The minimum atomic E-state index is -0.139. The van der Waals surface area contributed by atoms with Crippen LogP contribution in [0.15, 0.2) is 30.3 Å². The summed E-state index contributed by atoms with van der Waals surface area (Å²) < 4.78 is 5.52. The number of nitrogens with one attached hydrogen (secondary N) is 1. The highest BCUT2D eigenvalue weighted by Crippen LogP contribution is 2.20. The Bertz CT molecular complexity index is 551. The zero-order chi connectivity index (χ0) is 17.6. The molecule has 1 aromatic rings. The van der Waals surface area contributed by atoms with E-state index in [4.69, 9.17) is 4.74 Å². The second kappa shape index (κ2) is 13.6. The van der Waals surface area contributed by atoms with Gasteiger partial charge in [0, 0.05) is 38.3 Å². The molecule has 2 heterocycles. The van der Waals surface area contributed by atoms with E-state index in [0.29, 0.717) is 5.75 Å². The number of carbonyl (C=O) groups excluding carboxylic acids is 1. The van der Waals surface area contributed by atoms with Crippen molar-refractivity contribution in [1.29, 1.82) is 0 Å². The number of ether oxygens (including phenoxy) is 1. The Morgan fingerprint density at radius 3 is 2.14 bits per heavy atom. The zero-order valence-electron chi connectivity index (χ0n) is 16.7. The predicted octanol–water partition coefficient (Wildman–Crippen LogP) is 3.25. The molecule has 5 nitrogen and oxygen atoms in total. The first kappa shape index (κ1) is 27.4. The largest absolute Gasteiger partial charge is 0.426 e. The quantitative estimate of drug-likeness (QED) is 0.546. The number of piperazine rings is 1. The molecular formula is C20H34Cl3N3O2. The molecule has 0 spiro atoms. The molecule has 0 amide bonds. The van der Waals surface area contributed by atoms with Crippen LogP contribution in [-0.4, -0.2) is 67.1 Å². The Hall–Kier alpha value is -0.560. The number of halogens is 3. The van der Waals surface area contributed by atoms with Gasteiger partial charge in [-0.1, -0.05) is 25.1 Å². The fraction of sp³-hybridized carbons (Fsp3) is 0.650. The Kier molecular flexibility index (Phi) is 13.4. The molecule has 0 aromatic heterocycles. The van der Waals surface area contributed by atoms with Crippen molar-refractivity contribution in [3.63, 3.8) is 0 Å². The molecule has 2 aliphatic rings. The summed E-state index contributed by atoms with van der Waals surface area (Å²) in [5, 5.41) is 3.44. The van der Waals surface area contributed by atoms with Crippen LogP contribution in [0.2, 0.25) is 0 Å².